The number of aromatic nitrogens is 2. The van der Waals surface area contributed by atoms with Crippen molar-refractivity contribution in [3.05, 3.63) is 47.6 Å². The third-order valence-electron chi connectivity index (χ3n) is 5.99. The molecule has 0 unspecified atom stereocenters. The lowest BCUT2D eigenvalue weighted by Crippen LogP contribution is -2.54. The zero-order valence-electron chi connectivity index (χ0n) is 16.4. The van der Waals surface area contributed by atoms with Crippen LogP contribution in [0.3, 0.4) is 0 Å². The van der Waals surface area contributed by atoms with Crippen molar-refractivity contribution in [2.45, 2.75) is 39.2 Å². The number of nitrogens with zero attached hydrogens (tertiary/aromatic N) is 4. The zero-order chi connectivity index (χ0) is 19.0. The lowest BCUT2D eigenvalue weighted by atomic mass is 9.73. The second-order valence-corrected chi connectivity index (χ2v) is 8.36. The highest BCUT2D eigenvalue weighted by molar-refractivity contribution is 5.78. The Morgan fingerprint density at radius 3 is 2.74 bits per heavy atom. The van der Waals surface area contributed by atoms with E-state index >= 15 is 0 Å². The fourth-order valence-corrected chi connectivity index (χ4v) is 4.68. The summed E-state index contributed by atoms with van der Waals surface area (Å²) in [5.74, 6) is 2.00. The third kappa shape index (κ3) is 3.38. The van der Waals surface area contributed by atoms with Gasteiger partial charge in [-0.3, -0.25) is 9.69 Å². The normalized spacial score (nSPS) is 25.8. The van der Waals surface area contributed by atoms with Gasteiger partial charge in [0.1, 0.15) is 0 Å². The summed E-state index contributed by atoms with van der Waals surface area (Å²) in [6, 6.07) is 10.5. The number of carbonyl (C=O) groups excluding carboxylic acids is 1. The van der Waals surface area contributed by atoms with Crippen molar-refractivity contribution in [2.75, 3.05) is 26.2 Å². The molecule has 0 aliphatic carbocycles. The molecule has 1 aromatic carbocycles. The van der Waals surface area contributed by atoms with E-state index in [1.807, 2.05) is 31.7 Å². The number of hydrogen-bond donors (Lipinski definition) is 0. The highest BCUT2D eigenvalue weighted by Gasteiger charge is 2.55. The molecular weight excluding hydrogens is 340 g/mol. The van der Waals surface area contributed by atoms with Crippen molar-refractivity contribution in [3.63, 3.8) is 0 Å². The van der Waals surface area contributed by atoms with Crippen molar-refractivity contribution in [1.82, 2.24) is 19.9 Å². The van der Waals surface area contributed by atoms with E-state index in [1.165, 1.54) is 5.56 Å². The lowest BCUT2D eigenvalue weighted by molar-refractivity contribution is -0.137. The topological polar surface area (TPSA) is 62.5 Å². The van der Waals surface area contributed by atoms with E-state index < -0.39 is 0 Å². The molecule has 2 fully saturated rings. The number of carbonyl (C=O) groups is 1. The summed E-state index contributed by atoms with van der Waals surface area (Å²) in [7, 11) is 0. The fourth-order valence-electron chi connectivity index (χ4n) is 4.68. The van der Waals surface area contributed by atoms with Gasteiger partial charge in [-0.25, -0.2) is 0 Å². The molecule has 2 saturated heterocycles. The van der Waals surface area contributed by atoms with E-state index in [0.29, 0.717) is 24.2 Å². The third-order valence-corrected chi connectivity index (χ3v) is 5.99. The summed E-state index contributed by atoms with van der Waals surface area (Å²) >= 11 is 0. The predicted molar refractivity (Wildman–Crippen MR) is 102 cm³/mol. The van der Waals surface area contributed by atoms with Crippen LogP contribution in [-0.2, 0) is 16.8 Å². The Morgan fingerprint density at radius 1 is 1.30 bits per heavy atom. The molecule has 3 heterocycles. The average Bonchev–Trinajstić information content (AvgIpc) is 3.25. The summed E-state index contributed by atoms with van der Waals surface area (Å²) in [6.07, 6.45) is 0.977. The van der Waals surface area contributed by atoms with Crippen molar-refractivity contribution >= 4 is 5.91 Å². The number of benzene rings is 1. The van der Waals surface area contributed by atoms with Gasteiger partial charge in [-0.1, -0.05) is 49.3 Å². The molecule has 4 rings (SSSR count). The molecule has 2 aromatic rings. The Morgan fingerprint density at radius 2 is 2.07 bits per heavy atom. The maximum atomic E-state index is 12.7. The molecule has 27 heavy (non-hydrogen) atoms. The molecular formula is C21H28N4O2. The molecule has 6 heteroatoms. The minimum absolute atomic E-state index is 0.00449. The second-order valence-electron chi connectivity index (χ2n) is 8.36. The van der Waals surface area contributed by atoms with Crippen LogP contribution in [0.25, 0.3) is 0 Å². The molecule has 0 bridgehead atoms. The summed E-state index contributed by atoms with van der Waals surface area (Å²) in [4.78, 5) is 21.8. The van der Waals surface area contributed by atoms with Crippen LogP contribution in [0.2, 0.25) is 0 Å². The monoisotopic (exact) mass is 368 g/mol. The van der Waals surface area contributed by atoms with E-state index in [9.17, 15) is 4.79 Å². The van der Waals surface area contributed by atoms with E-state index in [0.717, 1.165) is 32.6 Å². The van der Waals surface area contributed by atoms with Crippen LogP contribution in [0.5, 0.6) is 0 Å². The van der Waals surface area contributed by atoms with Crippen LogP contribution in [0.15, 0.2) is 34.9 Å². The van der Waals surface area contributed by atoms with Gasteiger partial charge in [-0.15, -0.1) is 0 Å². The molecule has 2 aliphatic heterocycles. The number of likely N-dealkylation sites (tertiary alicyclic amines) is 2. The molecule has 0 N–H and O–H groups in total. The number of aryl methyl sites for hydroxylation is 1. The molecule has 0 radical (unpaired) electrons. The first-order valence-corrected chi connectivity index (χ1v) is 9.84. The number of hydrogen-bond acceptors (Lipinski definition) is 5. The standard InChI is InChI=1S/C21H28N4O2/c1-15(2)19(26)25-10-9-18-12-24(11-17-7-5-4-6-8-17)13-21(18,14-25)20-22-16(3)23-27-20/h4-8,15,18H,9-14H2,1-3H3/t18-,21+/m0/s1. The minimum Gasteiger partial charge on any atom is -0.341 e. The molecule has 2 aliphatic rings. The van der Waals surface area contributed by atoms with E-state index in [2.05, 4.69) is 39.3 Å². The van der Waals surface area contributed by atoms with E-state index in [1.54, 1.807) is 0 Å². The summed E-state index contributed by atoms with van der Waals surface area (Å²) in [5, 5.41) is 4.05. The SMILES string of the molecule is Cc1noc([C@@]23CN(Cc4ccccc4)C[C@@H]2CCN(C(=O)C(C)C)C3)n1. The zero-order valence-corrected chi connectivity index (χ0v) is 16.4. The summed E-state index contributed by atoms with van der Waals surface area (Å²) in [5.41, 5.74) is 1.04. The Balaban J connectivity index is 1.62. The van der Waals surface area contributed by atoms with Gasteiger partial charge in [0.05, 0.1) is 5.41 Å². The van der Waals surface area contributed by atoms with E-state index in [4.69, 9.17) is 4.52 Å². The van der Waals surface area contributed by atoms with Crippen LogP contribution in [0.4, 0.5) is 0 Å². The maximum Gasteiger partial charge on any atom is 0.236 e. The average molecular weight is 368 g/mol. The number of amides is 1. The molecule has 1 aromatic heterocycles. The highest BCUT2D eigenvalue weighted by atomic mass is 16.5. The van der Waals surface area contributed by atoms with Crippen LogP contribution >= 0.6 is 0 Å². The van der Waals surface area contributed by atoms with Crippen molar-refractivity contribution < 1.29 is 9.32 Å². The summed E-state index contributed by atoms with van der Waals surface area (Å²) in [6.45, 7) is 10.0. The van der Waals surface area contributed by atoms with E-state index in [-0.39, 0.29) is 17.2 Å². The van der Waals surface area contributed by atoms with Crippen LogP contribution in [0.1, 0.15) is 37.5 Å². The Bertz CT molecular complexity index is 804. The number of rotatable bonds is 4. The summed E-state index contributed by atoms with van der Waals surface area (Å²) < 4.78 is 5.67. The largest absolute Gasteiger partial charge is 0.341 e. The van der Waals surface area contributed by atoms with Gasteiger partial charge in [-0.05, 0) is 24.8 Å². The van der Waals surface area contributed by atoms with Crippen LogP contribution < -0.4 is 0 Å². The molecule has 0 spiro atoms. The van der Waals surface area contributed by atoms with Gasteiger partial charge in [0.25, 0.3) is 0 Å². The highest BCUT2D eigenvalue weighted by Crippen LogP contribution is 2.44. The van der Waals surface area contributed by atoms with Gasteiger partial charge in [-0.2, -0.15) is 4.98 Å². The fraction of sp³-hybridized carbons (Fsp3) is 0.571. The van der Waals surface area contributed by atoms with Crippen LogP contribution in [-0.4, -0.2) is 52.0 Å². The quantitative estimate of drug-likeness (QED) is 0.830. The first-order valence-electron chi connectivity index (χ1n) is 9.84. The van der Waals surface area contributed by atoms with Gasteiger partial charge >= 0.3 is 0 Å². The molecule has 6 nitrogen and oxygen atoms in total. The second kappa shape index (κ2) is 7.08. The first-order chi connectivity index (χ1) is 13.0. The minimum atomic E-state index is -0.265. The van der Waals surface area contributed by atoms with Gasteiger partial charge in [0.15, 0.2) is 5.82 Å². The number of piperidine rings is 1. The molecule has 0 saturated carbocycles. The van der Waals surface area contributed by atoms with Gasteiger partial charge in [0.2, 0.25) is 11.8 Å². The Hall–Kier alpha value is -2.21. The molecule has 1 amide bonds. The number of fused-ring (bicyclic) bond motifs is 1. The van der Waals surface area contributed by atoms with Crippen molar-refractivity contribution in [2.24, 2.45) is 11.8 Å². The van der Waals surface area contributed by atoms with Gasteiger partial charge in [0, 0.05) is 38.6 Å². The predicted octanol–water partition coefficient (Wildman–Crippen LogP) is 2.64. The first kappa shape index (κ1) is 18.2. The molecule has 144 valence electrons. The van der Waals surface area contributed by atoms with Crippen molar-refractivity contribution in [1.29, 1.82) is 0 Å². The Labute approximate surface area is 160 Å². The molecule has 2 atom stereocenters. The van der Waals surface area contributed by atoms with Crippen molar-refractivity contribution in [3.8, 4) is 0 Å². The lowest BCUT2D eigenvalue weighted by Gasteiger charge is -2.42. The van der Waals surface area contributed by atoms with Gasteiger partial charge < -0.3 is 9.42 Å². The maximum absolute atomic E-state index is 12.7. The van der Waals surface area contributed by atoms with Crippen LogP contribution in [0, 0.1) is 18.8 Å². The smallest absolute Gasteiger partial charge is 0.236 e. The Kier molecular flexibility index (Phi) is 4.76.